The van der Waals surface area contributed by atoms with E-state index in [1.54, 1.807) is 72.8 Å². The van der Waals surface area contributed by atoms with Crippen LogP contribution in [0.3, 0.4) is 0 Å². The van der Waals surface area contributed by atoms with Crippen LogP contribution in [0.25, 0.3) is 22.3 Å². The van der Waals surface area contributed by atoms with Crippen molar-refractivity contribution in [2.45, 2.75) is 37.5 Å². The Morgan fingerprint density at radius 2 is 0.902 bits per heavy atom. The number of nitrogens with one attached hydrogen (secondary N) is 2. The number of phenolic OH excluding ortho intramolecular Hbond substituents is 2. The third kappa shape index (κ3) is 8.34. The number of rotatable bonds is 8. The molecular formula is C42H36N2O6S. The number of aromatic hydroxyl groups is 2. The van der Waals surface area contributed by atoms with Crippen LogP contribution in [0, 0.1) is 27.7 Å². The zero-order chi connectivity index (χ0) is 36.1. The SMILES string of the molecule is Cc1ccc(OC(=O)Nc2cccc(Sc3cccc(NC(=O)Oc4ccc(C)c(C)c4)c3-c3ccc(O)cc3)c2-c2ccc(O)cc2)cc1C. The minimum atomic E-state index is -0.654. The van der Waals surface area contributed by atoms with Gasteiger partial charge in [0.05, 0.1) is 11.4 Å². The number of carbonyl (C=O) groups is 2. The topological polar surface area (TPSA) is 117 Å². The summed E-state index contributed by atoms with van der Waals surface area (Å²) >= 11 is 1.43. The molecule has 6 aromatic rings. The number of aryl methyl sites for hydroxylation is 4. The quantitative estimate of drug-likeness (QED) is 0.125. The van der Waals surface area contributed by atoms with E-state index in [4.69, 9.17) is 9.47 Å². The molecule has 2 amide bonds. The van der Waals surface area contributed by atoms with E-state index in [0.29, 0.717) is 34.0 Å². The number of benzene rings is 6. The first-order valence-electron chi connectivity index (χ1n) is 16.2. The molecule has 0 fully saturated rings. The highest BCUT2D eigenvalue weighted by molar-refractivity contribution is 7.99. The molecule has 9 heteroatoms. The first-order valence-corrected chi connectivity index (χ1v) is 17.0. The Bertz CT molecular complexity index is 2070. The highest BCUT2D eigenvalue weighted by Gasteiger charge is 2.20. The van der Waals surface area contributed by atoms with E-state index in [1.165, 1.54) is 11.8 Å². The van der Waals surface area contributed by atoms with E-state index in [0.717, 1.165) is 43.2 Å². The summed E-state index contributed by atoms with van der Waals surface area (Å²) in [5, 5.41) is 26.0. The molecule has 0 atom stereocenters. The predicted molar refractivity (Wildman–Crippen MR) is 202 cm³/mol. The Labute approximate surface area is 300 Å². The van der Waals surface area contributed by atoms with E-state index >= 15 is 0 Å². The molecule has 0 aliphatic rings. The van der Waals surface area contributed by atoms with E-state index in [-0.39, 0.29) is 11.5 Å². The molecule has 6 aromatic carbocycles. The van der Waals surface area contributed by atoms with Crippen molar-refractivity contribution in [3.8, 4) is 45.3 Å². The van der Waals surface area contributed by atoms with Crippen LogP contribution < -0.4 is 20.1 Å². The fourth-order valence-electron chi connectivity index (χ4n) is 5.45. The predicted octanol–water partition coefficient (Wildman–Crippen LogP) is 11.0. The molecule has 0 heterocycles. The smallest absolute Gasteiger partial charge is 0.417 e. The second kappa shape index (κ2) is 15.1. The maximum atomic E-state index is 13.2. The molecule has 0 aliphatic heterocycles. The molecule has 0 saturated carbocycles. The first-order chi connectivity index (χ1) is 24.5. The van der Waals surface area contributed by atoms with Crippen LogP contribution in [0.15, 0.2) is 131 Å². The molecule has 256 valence electrons. The molecule has 0 aromatic heterocycles. The summed E-state index contributed by atoms with van der Waals surface area (Å²) in [6, 6.07) is 35.5. The highest BCUT2D eigenvalue weighted by Crippen LogP contribution is 2.46. The van der Waals surface area contributed by atoms with Gasteiger partial charge in [-0.15, -0.1) is 0 Å². The second-order valence-electron chi connectivity index (χ2n) is 12.1. The monoisotopic (exact) mass is 696 g/mol. The highest BCUT2D eigenvalue weighted by atomic mass is 32.2. The van der Waals surface area contributed by atoms with Crippen molar-refractivity contribution < 1.29 is 29.3 Å². The van der Waals surface area contributed by atoms with Gasteiger partial charge in [0.1, 0.15) is 23.0 Å². The van der Waals surface area contributed by atoms with Gasteiger partial charge >= 0.3 is 12.2 Å². The lowest BCUT2D eigenvalue weighted by Crippen LogP contribution is -2.17. The van der Waals surface area contributed by atoms with Crippen molar-refractivity contribution in [2.75, 3.05) is 10.6 Å². The Morgan fingerprint density at radius 1 is 0.510 bits per heavy atom. The molecule has 4 N–H and O–H groups in total. The number of phenols is 2. The van der Waals surface area contributed by atoms with Crippen LogP contribution in [0.2, 0.25) is 0 Å². The largest absolute Gasteiger partial charge is 0.508 e. The molecule has 51 heavy (non-hydrogen) atoms. The summed E-state index contributed by atoms with van der Waals surface area (Å²) in [6.07, 6.45) is -1.31. The minimum Gasteiger partial charge on any atom is -0.508 e. The molecule has 0 radical (unpaired) electrons. The van der Waals surface area contributed by atoms with Gasteiger partial charge in [0.25, 0.3) is 0 Å². The molecular weight excluding hydrogens is 661 g/mol. The molecule has 0 saturated heterocycles. The zero-order valence-corrected chi connectivity index (χ0v) is 29.3. The molecule has 0 bridgehead atoms. The summed E-state index contributed by atoms with van der Waals surface area (Å²) in [5.74, 6) is 1.06. The van der Waals surface area contributed by atoms with Gasteiger partial charge in [-0.1, -0.05) is 60.3 Å². The Balaban J connectivity index is 1.38. The number of amides is 2. The standard InChI is InChI=1S/C42H36N2O6S/c1-25-11-21-33(23-27(25)3)49-41(47)43-35-7-5-9-37(39(35)29-13-17-31(45)18-14-29)51-38-10-6-8-36(40(38)30-15-19-32(46)20-16-30)44-42(48)50-34-22-12-26(2)28(4)24-34/h5-24,45-46H,1-4H3,(H,43,47)(H,44,48). The first kappa shape index (κ1) is 34.7. The lowest BCUT2D eigenvalue weighted by atomic mass is 10.0. The second-order valence-corrected chi connectivity index (χ2v) is 13.2. The molecule has 0 spiro atoms. The molecule has 0 unspecified atom stereocenters. The molecule has 0 aliphatic carbocycles. The van der Waals surface area contributed by atoms with Crippen molar-refractivity contribution >= 4 is 35.3 Å². The summed E-state index contributed by atoms with van der Waals surface area (Å²) < 4.78 is 11.3. The van der Waals surface area contributed by atoms with Gasteiger partial charge in [-0.2, -0.15) is 0 Å². The van der Waals surface area contributed by atoms with Gasteiger partial charge in [-0.3, -0.25) is 10.6 Å². The Hall–Kier alpha value is -6.19. The maximum Gasteiger partial charge on any atom is 0.417 e. The van der Waals surface area contributed by atoms with E-state index in [2.05, 4.69) is 10.6 Å². The number of hydrogen-bond donors (Lipinski definition) is 4. The van der Waals surface area contributed by atoms with Gasteiger partial charge in [-0.05, 0) is 134 Å². The average Bonchev–Trinajstić information content (AvgIpc) is 3.09. The van der Waals surface area contributed by atoms with E-state index in [9.17, 15) is 19.8 Å². The Kier molecular flexibility index (Phi) is 10.3. The van der Waals surface area contributed by atoms with Crippen LogP contribution in [-0.4, -0.2) is 22.4 Å². The summed E-state index contributed by atoms with van der Waals surface area (Å²) in [4.78, 5) is 28.0. The number of ether oxygens (including phenoxy) is 2. The lowest BCUT2D eigenvalue weighted by Gasteiger charge is -2.19. The summed E-state index contributed by atoms with van der Waals surface area (Å²) in [5.41, 5.74) is 8.06. The molecule has 6 rings (SSSR count). The van der Waals surface area contributed by atoms with Crippen LogP contribution >= 0.6 is 11.8 Å². The van der Waals surface area contributed by atoms with Gasteiger partial charge in [0, 0.05) is 20.9 Å². The van der Waals surface area contributed by atoms with Gasteiger partial charge < -0.3 is 19.7 Å². The number of carbonyl (C=O) groups excluding carboxylic acids is 2. The normalized spacial score (nSPS) is 10.7. The fourth-order valence-corrected chi connectivity index (χ4v) is 6.64. The van der Waals surface area contributed by atoms with Crippen LogP contribution in [0.1, 0.15) is 22.3 Å². The van der Waals surface area contributed by atoms with Crippen LogP contribution in [0.5, 0.6) is 23.0 Å². The maximum absolute atomic E-state index is 13.2. The van der Waals surface area contributed by atoms with Crippen molar-refractivity contribution in [3.05, 3.63) is 144 Å². The number of anilines is 2. The zero-order valence-electron chi connectivity index (χ0n) is 28.5. The third-order valence-corrected chi connectivity index (χ3v) is 9.56. The van der Waals surface area contributed by atoms with Gasteiger partial charge in [0.15, 0.2) is 0 Å². The molecule has 8 nitrogen and oxygen atoms in total. The van der Waals surface area contributed by atoms with Crippen molar-refractivity contribution in [2.24, 2.45) is 0 Å². The Morgan fingerprint density at radius 3 is 1.27 bits per heavy atom. The van der Waals surface area contributed by atoms with Crippen LogP contribution in [-0.2, 0) is 0 Å². The fraction of sp³-hybridized carbons (Fsp3) is 0.0952. The average molecular weight is 697 g/mol. The van der Waals surface area contributed by atoms with Gasteiger partial charge in [-0.25, -0.2) is 9.59 Å². The van der Waals surface area contributed by atoms with Crippen LogP contribution in [0.4, 0.5) is 21.0 Å². The minimum absolute atomic E-state index is 0.105. The van der Waals surface area contributed by atoms with Crippen molar-refractivity contribution in [1.82, 2.24) is 0 Å². The van der Waals surface area contributed by atoms with E-state index < -0.39 is 12.2 Å². The van der Waals surface area contributed by atoms with E-state index in [1.807, 2.05) is 76.2 Å². The lowest BCUT2D eigenvalue weighted by molar-refractivity contribution is 0.214. The third-order valence-electron chi connectivity index (χ3n) is 8.44. The van der Waals surface area contributed by atoms with Crippen molar-refractivity contribution in [3.63, 3.8) is 0 Å². The summed E-state index contributed by atoms with van der Waals surface area (Å²) in [7, 11) is 0. The number of hydrogen-bond acceptors (Lipinski definition) is 7. The van der Waals surface area contributed by atoms with Gasteiger partial charge in [0.2, 0.25) is 0 Å². The summed E-state index contributed by atoms with van der Waals surface area (Å²) in [6.45, 7) is 7.88. The van der Waals surface area contributed by atoms with Crippen molar-refractivity contribution in [1.29, 1.82) is 0 Å².